The summed E-state index contributed by atoms with van der Waals surface area (Å²) in [7, 11) is 0. The molecule has 0 aliphatic heterocycles. The third kappa shape index (κ3) is 3.32. The van der Waals surface area contributed by atoms with Crippen LogP contribution in [0.1, 0.15) is 38.1 Å². The summed E-state index contributed by atoms with van der Waals surface area (Å²) in [4.78, 5) is 16.4. The number of nitrogens with zero attached hydrogens (tertiary/aromatic N) is 1. The Labute approximate surface area is 118 Å². The number of aromatic nitrogens is 1. The van der Waals surface area contributed by atoms with E-state index in [0.29, 0.717) is 6.54 Å². The van der Waals surface area contributed by atoms with Crippen molar-refractivity contribution in [3.8, 4) is 0 Å². The highest BCUT2D eigenvalue weighted by molar-refractivity contribution is 7.18. The van der Waals surface area contributed by atoms with Crippen LogP contribution in [0.5, 0.6) is 0 Å². The van der Waals surface area contributed by atoms with Gasteiger partial charge in [-0.3, -0.25) is 4.79 Å². The maximum Gasteiger partial charge on any atom is 0.222 e. The van der Waals surface area contributed by atoms with Gasteiger partial charge < -0.3 is 5.32 Å². The second kappa shape index (κ2) is 6.15. The third-order valence-corrected chi connectivity index (χ3v) is 4.64. The van der Waals surface area contributed by atoms with Crippen LogP contribution in [-0.2, 0) is 4.79 Å². The first kappa shape index (κ1) is 14.0. The van der Waals surface area contributed by atoms with E-state index in [1.807, 2.05) is 32.0 Å². The third-order valence-electron chi connectivity index (χ3n) is 3.37. The molecule has 0 bridgehead atoms. The zero-order chi connectivity index (χ0) is 13.8. The molecule has 1 aromatic carbocycles. The molecule has 0 saturated heterocycles. The van der Waals surface area contributed by atoms with Crippen LogP contribution in [0, 0.1) is 5.92 Å². The highest BCUT2D eigenvalue weighted by Crippen LogP contribution is 2.26. The molecule has 0 radical (unpaired) electrons. The molecule has 2 atom stereocenters. The summed E-state index contributed by atoms with van der Waals surface area (Å²) in [5.41, 5.74) is 1.04. The minimum atomic E-state index is 0.0857. The Balaban J connectivity index is 2.00. The molecule has 102 valence electrons. The second-order valence-electron chi connectivity index (χ2n) is 4.98. The van der Waals surface area contributed by atoms with E-state index < -0.39 is 0 Å². The molecule has 19 heavy (non-hydrogen) atoms. The van der Waals surface area contributed by atoms with E-state index >= 15 is 0 Å². The fourth-order valence-corrected chi connectivity index (χ4v) is 2.82. The Bertz CT molecular complexity index is 531. The van der Waals surface area contributed by atoms with Crippen LogP contribution >= 0.6 is 11.3 Å². The zero-order valence-corrected chi connectivity index (χ0v) is 12.5. The van der Waals surface area contributed by atoms with Crippen LogP contribution in [0.4, 0.5) is 0 Å². The molecule has 0 aliphatic rings. The molecule has 3 nitrogen and oxygen atoms in total. The van der Waals surface area contributed by atoms with Crippen molar-refractivity contribution in [3.05, 3.63) is 29.3 Å². The summed E-state index contributed by atoms with van der Waals surface area (Å²) in [6.07, 6.45) is 0.876. The normalized spacial score (nSPS) is 14.3. The van der Waals surface area contributed by atoms with Gasteiger partial charge in [0.1, 0.15) is 0 Å². The van der Waals surface area contributed by atoms with Gasteiger partial charge in [0, 0.05) is 18.4 Å². The fourth-order valence-electron chi connectivity index (χ4n) is 1.80. The Morgan fingerprint density at radius 3 is 2.79 bits per heavy atom. The van der Waals surface area contributed by atoms with Gasteiger partial charge in [0.25, 0.3) is 0 Å². The van der Waals surface area contributed by atoms with Crippen LogP contribution in [-0.4, -0.2) is 17.4 Å². The summed E-state index contributed by atoms with van der Waals surface area (Å²) < 4.78 is 1.21. The maximum absolute atomic E-state index is 11.8. The first-order valence-corrected chi connectivity index (χ1v) is 7.56. The molecule has 0 fully saturated rings. The van der Waals surface area contributed by atoms with Crippen LogP contribution in [0.3, 0.4) is 0 Å². The van der Waals surface area contributed by atoms with Gasteiger partial charge >= 0.3 is 0 Å². The Hall–Kier alpha value is -1.42. The standard InChI is InChI=1S/C15H20N2OS/c1-4-10(2)14(18)16-9-11(3)15-17-12-7-5-6-8-13(12)19-15/h5-8,10-11H,4,9H2,1-3H3,(H,16,18). The van der Waals surface area contributed by atoms with Crippen LogP contribution in [0.2, 0.25) is 0 Å². The molecule has 1 amide bonds. The van der Waals surface area contributed by atoms with E-state index in [2.05, 4.69) is 23.3 Å². The molecule has 0 aliphatic carbocycles. The lowest BCUT2D eigenvalue weighted by Crippen LogP contribution is -2.31. The topological polar surface area (TPSA) is 42.0 Å². The minimum Gasteiger partial charge on any atom is -0.355 e. The lowest BCUT2D eigenvalue weighted by atomic mass is 10.1. The van der Waals surface area contributed by atoms with Crippen molar-refractivity contribution in [1.29, 1.82) is 0 Å². The molecule has 1 N–H and O–H groups in total. The first-order valence-electron chi connectivity index (χ1n) is 6.75. The number of para-hydroxylation sites is 1. The van der Waals surface area contributed by atoms with Crippen molar-refractivity contribution in [1.82, 2.24) is 10.3 Å². The number of benzene rings is 1. The summed E-state index contributed by atoms with van der Waals surface area (Å²) in [5, 5.41) is 4.09. The van der Waals surface area contributed by atoms with Crippen molar-refractivity contribution in [3.63, 3.8) is 0 Å². The monoisotopic (exact) mass is 276 g/mol. The van der Waals surface area contributed by atoms with E-state index in [1.54, 1.807) is 11.3 Å². The zero-order valence-electron chi connectivity index (χ0n) is 11.6. The van der Waals surface area contributed by atoms with E-state index in [9.17, 15) is 4.79 Å². The van der Waals surface area contributed by atoms with E-state index in [0.717, 1.165) is 16.9 Å². The Morgan fingerprint density at radius 2 is 2.11 bits per heavy atom. The van der Waals surface area contributed by atoms with Gasteiger partial charge in [-0.25, -0.2) is 4.98 Å². The number of nitrogens with one attached hydrogen (secondary N) is 1. The predicted octanol–water partition coefficient (Wildman–Crippen LogP) is 3.56. The second-order valence-corrected chi connectivity index (χ2v) is 6.04. The molecule has 2 aromatic rings. The maximum atomic E-state index is 11.8. The molecule has 0 saturated carbocycles. The van der Waals surface area contributed by atoms with Gasteiger partial charge in [0.2, 0.25) is 5.91 Å². The number of fused-ring (bicyclic) bond motifs is 1. The van der Waals surface area contributed by atoms with Crippen molar-refractivity contribution in [2.24, 2.45) is 5.92 Å². The number of thiazole rings is 1. The van der Waals surface area contributed by atoms with Crippen molar-refractivity contribution in [2.45, 2.75) is 33.1 Å². The fraction of sp³-hybridized carbons (Fsp3) is 0.467. The van der Waals surface area contributed by atoms with Gasteiger partial charge in [-0.05, 0) is 18.6 Å². The lowest BCUT2D eigenvalue weighted by Gasteiger charge is -2.13. The Kier molecular flexibility index (Phi) is 4.53. The smallest absolute Gasteiger partial charge is 0.222 e. The molecule has 1 aromatic heterocycles. The van der Waals surface area contributed by atoms with Crippen molar-refractivity contribution >= 4 is 27.5 Å². The number of amides is 1. The number of hydrogen-bond donors (Lipinski definition) is 1. The molecule has 1 heterocycles. The van der Waals surface area contributed by atoms with Gasteiger partial charge in [-0.2, -0.15) is 0 Å². The highest BCUT2D eigenvalue weighted by atomic mass is 32.1. The molecule has 2 unspecified atom stereocenters. The summed E-state index contributed by atoms with van der Waals surface area (Å²) in [5.74, 6) is 0.475. The van der Waals surface area contributed by atoms with E-state index in [4.69, 9.17) is 0 Å². The largest absolute Gasteiger partial charge is 0.355 e. The average Bonchev–Trinajstić information content (AvgIpc) is 2.87. The molecular formula is C15H20N2OS. The highest BCUT2D eigenvalue weighted by Gasteiger charge is 2.15. The summed E-state index contributed by atoms with van der Waals surface area (Å²) in [6.45, 7) is 6.75. The number of hydrogen-bond acceptors (Lipinski definition) is 3. The SMILES string of the molecule is CCC(C)C(=O)NCC(C)c1nc2ccccc2s1. The number of rotatable bonds is 5. The Morgan fingerprint density at radius 1 is 1.37 bits per heavy atom. The molecular weight excluding hydrogens is 256 g/mol. The van der Waals surface area contributed by atoms with E-state index in [-0.39, 0.29) is 17.7 Å². The summed E-state index contributed by atoms with van der Waals surface area (Å²) in [6, 6.07) is 8.14. The number of carbonyl (C=O) groups excluding carboxylic acids is 1. The van der Waals surface area contributed by atoms with Crippen LogP contribution in [0.15, 0.2) is 24.3 Å². The van der Waals surface area contributed by atoms with Gasteiger partial charge in [0.05, 0.1) is 15.2 Å². The van der Waals surface area contributed by atoms with Crippen LogP contribution < -0.4 is 5.32 Å². The predicted molar refractivity (Wildman–Crippen MR) is 80.5 cm³/mol. The average molecular weight is 276 g/mol. The molecule has 2 rings (SSSR count). The summed E-state index contributed by atoms with van der Waals surface area (Å²) >= 11 is 1.71. The van der Waals surface area contributed by atoms with Crippen molar-refractivity contribution in [2.75, 3.05) is 6.54 Å². The lowest BCUT2D eigenvalue weighted by molar-refractivity contribution is -0.124. The van der Waals surface area contributed by atoms with Gasteiger partial charge in [-0.1, -0.05) is 32.9 Å². The molecule has 4 heteroatoms. The first-order chi connectivity index (χ1) is 9.11. The van der Waals surface area contributed by atoms with E-state index in [1.165, 1.54) is 4.70 Å². The van der Waals surface area contributed by atoms with Crippen molar-refractivity contribution < 1.29 is 4.79 Å². The van der Waals surface area contributed by atoms with Crippen LogP contribution in [0.25, 0.3) is 10.2 Å². The van der Waals surface area contributed by atoms with Gasteiger partial charge in [-0.15, -0.1) is 11.3 Å². The quantitative estimate of drug-likeness (QED) is 0.907. The molecule has 0 spiro atoms. The van der Waals surface area contributed by atoms with Gasteiger partial charge in [0.15, 0.2) is 0 Å². The number of carbonyl (C=O) groups is 1. The minimum absolute atomic E-state index is 0.0857.